The van der Waals surface area contributed by atoms with Crippen molar-refractivity contribution in [2.24, 2.45) is 0 Å². The van der Waals surface area contributed by atoms with Gasteiger partial charge in [-0.05, 0) is 35.4 Å². The van der Waals surface area contributed by atoms with Crippen molar-refractivity contribution in [2.75, 3.05) is 51.1 Å². The molecule has 3 aromatic rings. The molecule has 4 aliphatic rings. The number of anilines is 1. The Morgan fingerprint density at radius 1 is 0.857 bits per heavy atom. The van der Waals surface area contributed by atoms with Crippen molar-refractivity contribution in [1.82, 2.24) is 4.90 Å². The van der Waals surface area contributed by atoms with E-state index in [1.165, 1.54) is 11.3 Å². The monoisotopic (exact) mass is 470 g/mol. The van der Waals surface area contributed by atoms with Gasteiger partial charge in [-0.1, -0.05) is 30.3 Å². The number of hydrogen-bond donors (Lipinski definition) is 0. The molecular weight excluding hydrogens is 444 g/mol. The van der Waals surface area contributed by atoms with E-state index in [4.69, 9.17) is 18.9 Å². The molecule has 1 unspecified atom stereocenters. The third kappa shape index (κ3) is 3.26. The zero-order chi connectivity index (χ0) is 23.4. The average Bonchev–Trinajstić information content (AvgIpc) is 3.60. The number of fused-ring (bicyclic) bond motifs is 5. The fraction of sp³-hybridized carbons (Fsp3) is 0.321. The summed E-state index contributed by atoms with van der Waals surface area (Å²) in [5, 5.41) is 0. The number of hydrogen-bond acceptors (Lipinski definition) is 6. The second-order valence-electron chi connectivity index (χ2n) is 9.55. The largest absolute Gasteiger partial charge is 0.492 e. The van der Waals surface area contributed by atoms with Crippen LogP contribution in [0.15, 0.2) is 60.7 Å². The minimum absolute atomic E-state index is 0.0719. The van der Waals surface area contributed by atoms with Crippen molar-refractivity contribution in [2.45, 2.75) is 12.0 Å². The highest BCUT2D eigenvalue weighted by atomic mass is 16.7. The van der Waals surface area contributed by atoms with Crippen LogP contribution < -0.4 is 19.1 Å². The van der Waals surface area contributed by atoms with Gasteiger partial charge in [0.1, 0.15) is 12.4 Å². The van der Waals surface area contributed by atoms with Crippen LogP contribution in [0.3, 0.4) is 0 Å². The molecule has 7 rings (SSSR count). The van der Waals surface area contributed by atoms with E-state index in [9.17, 15) is 4.79 Å². The highest BCUT2D eigenvalue weighted by molar-refractivity contribution is 5.94. The van der Waals surface area contributed by atoms with Crippen molar-refractivity contribution < 1.29 is 23.7 Å². The summed E-state index contributed by atoms with van der Waals surface area (Å²) in [7, 11) is 0. The van der Waals surface area contributed by atoms with E-state index in [1.807, 2.05) is 29.2 Å². The van der Waals surface area contributed by atoms with Crippen molar-refractivity contribution in [1.29, 1.82) is 0 Å². The van der Waals surface area contributed by atoms with Crippen LogP contribution in [0, 0.1) is 0 Å². The Morgan fingerprint density at radius 3 is 2.57 bits per heavy atom. The third-order valence-electron chi connectivity index (χ3n) is 7.53. The first kappa shape index (κ1) is 20.6. The molecule has 4 aliphatic heterocycles. The van der Waals surface area contributed by atoms with Gasteiger partial charge in [0.25, 0.3) is 5.91 Å². The van der Waals surface area contributed by atoms with Crippen LogP contribution in [-0.4, -0.2) is 57.1 Å². The molecule has 0 bridgehead atoms. The average molecular weight is 471 g/mol. The summed E-state index contributed by atoms with van der Waals surface area (Å²) in [6.07, 6.45) is 0. The second-order valence-corrected chi connectivity index (χ2v) is 9.55. The molecule has 1 spiro atoms. The Balaban J connectivity index is 1.20. The van der Waals surface area contributed by atoms with Crippen LogP contribution in [0.1, 0.15) is 27.0 Å². The molecule has 4 heterocycles. The fourth-order valence-electron chi connectivity index (χ4n) is 5.81. The summed E-state index contributed by atoms with van der Waals surface area (Å²) in [5.41, 5.74) is 5.18. The number of amides is 1. The van der Waals surface area contributed by atoms with Gasteiger partial charge in [-0.25, -0.2) is 0 Å². The number of carbonyl (C=O) groups is 1. The van der Waals surface area contributed by atoms with Gasteiger partial charge >= 0.3 is 0 Å². The molecule has 178 valence electrons. The summed E-state index contributed by atoms with van der Waals surface area (Å²) in [6.45, 7) is 4.81. The number of para-hydroxylation sites is 1. The normalized spacial score (nSPS) is 21.7. The van der Waals surface area contributed by atoms with Crippen molar-refractivity contribution in [3.05, 3.63) is 82.9 Å². The van der Waals surface area contributed by atoms with Gasteiger partial charge in [-0.3, -0.25) is 4.79 Å². The lowest BCUT2D eigenvalue weighted by Gasteiger charge is -2.27. The van der Waals surface area contributed by atoms with E-state index in [0.29, 0.717) is 39.5 Å². The molecule has 35 heavy (non-hydrogen) atoms. The van der Waals surface area contributed by atoms with Gasteiger partial charge in [0.15, 0.2) is 11.5 Å². The van der Waals surface area contributed by atoms with Crippen LogP contribution in [0.4, 0.5) is 5.69 Å². The van der Waals surface area contributed by atoms with Gasteiger partial charge in [0.05, 0.1) is 18.6 Å². The minimum atomic E-state index is -0.270. The Kier molecular flexibility index (Phi) is 4.67. The molecule has 1 amide bonds. The van der Waals surface area contributed by atoms with Crippen LogP contribution in [0.5, 0.6) is 17.2 Å². The zero-order valence-corrected chi connectivity index (χ0v) is 19.4. The Morgan fingerprint density at radius 2 is 1.69 bits per heavy atom. The second kappa shape index (κ2) is 7.92. The fourth-order valence-corrected chi connectivity index (χ4v) is 5.81. The lowest BCUT2D eigenvalue weighted by Crippen LogP contribution is -2.40. The van der Waals surface area contributed by atoms with Crippen molar-refractivity contribution >= 4 is 11.6 Å². The van der Waals surface area contributed by atoms with Gasteiger partial charge in [0.2, 0.25) is 6.79 Å². The molecule has 0 saturated carbocycles. The Labute approximate surface area is 203 Å². The van der Waals surface area contributed by atoms with Gasteiger partial charge < -0.3 is 28.7 Å². The lowest BCUT2D eigenvalue weighted by atomic mass is 9.77. The molecule has 0 aromatic heterocycles. The molecule has 0 aliphatic carbocycles. The van der Waals surface area contributed by atoms with Crippen LogP contribution in [0.2, 0.25) is 0 Å². The summed E-state index contributed by atoms with van der Waals surface area (Å²) in [4.78, 5) is 17.3. The maximum atomic E-state index is 13.0. The SMILES string of the molecule is O=C(c1cccc(CN2CC3(COc4cc5c(cc43)OCO5)c3ccccc32)c1)N1CCOCC1. The number of rotatable bonds is 3. The molecule has 0 radical (unpaired) electrons. The zero-order valence-electron chi connectivity index (χ0n) is 19.4. The maximum absolute atomic E-state index is 13.0. The molecule has 7 nitrogen and oxygen atoms in total. The number of nitrogens with zero attached hydrogens (tertiary/aromatic N) is 2. The molecule has 1 saturated heterocycles. The third-order valence-corrected chi connectivity index (χ3v) is 7.53. The summed E-state index contributed by atoms with van der Waals surface area (Å²) < 4.78 is 22.9. The summed E-state index contributed by atoms with van der Waals surface area (Å²) in [5.74, 6) is 2.45. The highest BCUT2D eigenvalue weighted by Gasteiger charge is 2.50. The number of ether oxygens (including phenoxy) is 4. The molecule has 1 fully saturated rings. The van der Waals surface area contributed by atoms with Crippen LogP contribution in [0.25, 0.3) is 0 Å². The first-order chi connectivity index (χ1) is 17.2. The first-order valence-electron chi connectivity index (χ1n) is 12.1. The smallest absolute Gasteiger partial charge is 0.254 e. The minimum Gasteiger partial charge on any atom is -0.492 e. The van der Waals surface area contributed by atoms with Crippen molar-refractivity contribution in [3.63, 3.8) is 0 Å². The van der Waals surface area contributed by atoms with Gasteiger partial charge in [-0.2, -0.15) is 0 Å². The Hall–Kier alpha value is -3.71. The van der Waals surface area contributed by atoms with Gasteiger partial charge in [-0.15, -0.1) is 0 Å². The van der Waals surface area contributed by atoms with E-state index in [-0.39, 0.29) is 18.1 Å². The molecule has 1 atom stereocenters. The molecule has 0 N–H and O–H groups in total. The van der Waals surface area contributed by atoms with E-state index >= 15 is 0 Å². The van der Waals surface area contributed by atoms with E-state index in [2.05, 4.69) is 41.3 Å². The molecule has 3 aromatic carbocycles. The Bertz CT molecular complexity index is 1320. The highest BCUT2D eigenvalue weighted by Crippen LogP contribution is 2.54. The number of benzene rings is 3. The van der Waals surface area contributed by atoms with E-state index in [0.717, 1.165) is 40.5 Å². The molecular formula is C28H26N2O5. The maximum Gasteiger partial charge on any atom is 0.254 e. The van der Waals surface area contributed by atoms with E-state index < -0.39 is 0 Å². The molecule has 7 heteroatoms. The van der Waals surface area contributed by atoms with Crippen LogP contribution in [-0.2, 0) is 16.7 Å². The number of carbonyl (C=O) groups excluding carboxylic acids is 1. The topological polar surface area (TPSA) is 60.5 Å². The standard InChI is InChI=1S/C28H26N2O5/c31-27(29-8-10-32-11-9-29)20-5-3-4-19(12-20)15-30-16-28(21-6-1-2-7-23(21)30)17-33-24-14-26-25(13-22(24)28)34-18-35-26/h1-7,12-14H,8-11,15-18H2. The number of morpholine rings is 1. The predicted molar refractivity (Wildman–Crippen MR) is 129 cm³/mol. The van der Waals surface area contributed by atoms with Crippen LogP contribution >= 0.6 is 0 Å². The summed E-state index contributed by atoms with van der Waals surface area (Å²) in [6, 6.07) is 20.6. The predicted octanol–water partition coefficient (Wildman–Crippen LogP) is 3.59. The lowest BCUT2D eigenvalue weighted by molar-refractivity contribution is 0.0303. The van der Waals surface area contributed by atoms with E-state index in [1.54, 1.807) is 0 Å². The summed E-state index contributed by atoms with van der Waals surface area (Å²) >= 11 is 0. The quantitative estimate of drug-likeness (QED) is 0.583. The van der Waals surface area contributed by atoms with Gasteiger partial charge in [0, 0.05) is 49.1 Å². The first-order valence-corrected chi connectivity index (χ1v) is 12.1. The van der Waals surface area contributed by atoms with Crippen molar-refractivity contribution in [3.8, 4) is 17.2 Å².